The number of hydrogen-bond donors (Lipinski definition) is 0. The van der Waals surface area contributed by atoms with Gasteiger partial charge in [0.25, 0.3) is 0 Å². The van der Waals surface area contributed by atoms with Crippen LogP contribution in [-0.2, 0) is 22.5 Å². The maximum atomic E-state index is 5.68. The lowest BCUT2D eigenvalue weighted by Gasteiger charge is -2.21. The van der Waals surface area contributed by atoms with Gasteiger partial charge in [-0.2, -0.15) is 0 Å². The van der Waals surface area contributed by atoms with Crippen LogP contribution in [0.15, 0.2) is 34.6 Å². The van der Waals surface area contributed by atoms with Crippen molar-refractivity contribution in [3.05, 3.63) is 58.2 Å². The molecule has 0 spiro atoms. The first-order valence-corrected chi connectivity index (χ1v) is 10.2. The lowest BCUT2D eigenvalue weighted by atomic mass is 9.97. The van der Waals surface area contributed by atoms with Gasteiger partial charge in [-0.3, -0.25) is 9.97 Å². The molecule has 0 atom stereocenters. The molecule has 0 bridgehead atoms. The standard InChI is InChI=1S/C23H28N4O2/c1-15-5-7-17-9-11-19(21(17)24-15)26-28-13-23(3,4)14-29-27-20-12-10-18-8-6-16(2)25-22(18)20/h5-8H,9-14H2,1-4H3. The largest absolute Gasteiger partial charge is 0.395 e. The van der Waals surface area contributed by atoms with Crippen molar-refractivity contribution < 1.29 is 9.68 Å². The fourth-order valence-corrected chi connectivity index (χ4v) is 3.61. The van der Waals surface area contributed by atoms with E-state index in [4.69, 9.17) is 9.68 Å². The van der Waals surface area contributed by atoms with Gasteiger partial charge in [0.2, 0.25) is 0 Å². The van der Waals surface area contributed by atoms with Crippen molar-refractivity contribution in [1.82, 2.24) is 9.97 Å². The van der Waals surface area contributed by atoms with Crippen LogP contribution in [0.5, 0.6) is 0 Å². The summed E-state index contributed by atoms with van der Waals surface area (Å²) < 4.78 is 0. The van der Waals surface area contributed by atoms with Crippen LogP contribution >= 0.6 is 0 Å². The lowest BCUT2D eigenvalue weighted by molar-refractivity contribution is -0.000145. The first-order chi connectivity index (χ1) is 13.9. The molecular weight excluding hydrogens is 364 g/mol. The zero-order valence-electron chi connectivity index (χ0n) is 17.7. The van der Waals surface area contributed by atoms with Gasteiger partial charge in [0.15, 0.2) is 0 Å². The van der Waals surface area contributed by atoms with Crippen molar-refractivity contribution in [2.45, 2.75) is 53.4 Å². The number of pyridine rings is 2. The van der Waals surface area contributed by atoms with Gasteiger partial charge in [-0.05, 0) is 62.8 Å². The number of rotatable bonds is 6. The highest BCUT2D eigenvalue weighted by Gasteiger charge is 2.24. The summed E-state index contributed by atoms with van der Waals surface area (Å²) in [6.45, 7) is 9.08. The number of fused-ring (bicyclic) bond motifs is 2. The van der Waals surface area contributed by atoms with Crippen LogP contribution in [0.1, 0.15) is 60.6 Å². The average molecular weight is 393 g/mol. The average Bonchev–Trinajstić information content (AvgIpc) is 3.25. The summed E-state index contributed by atoms with van der Waals surface area (Å²) in [5.74, 6) is 0. The number of nitrogens with zero attached hydrogens (tertiary/aromatic N) is 4. The molecule has 0 fully saturated rings. The molecule has 0 aliphatic heterocycles. The van der Waals surface area contributed by atoms with Crippen molar-refractivity contribution in [1.29, 1.82) is 0 Å². The highest BCUT2D eigenvalue weighted by atomic mass is 16.6. The zero-order chi connectivity index (χ0) is 20.4. The zero-order valence-corrected chi connectivity index (χ0v) is 17.7. The Morgan fingerprint density at radius 2 is 1.21 bits per heavy atom. The van der Waals surface area contributed by atoms with Crippen LogP contribution in [0.4, 0.5) is 0 Å². The Morgan fingerprint density at radius 3 is 1.66 bits per heavy atom. The monoisotopic (exact) mass is 392 g/mol. The first-order valence-electron chi connectivity index (χ1n) is 10.2. The molecule has 6 nitrogen and oxygen atoms in total. The normalized spacial score (nSPS) is 18.2. The van der Waals surface area contributed by atoms with Crippen molar-refractivity contribution in [2.24, 2.45) is 15.7 Å². The minimum Gasteiger partial charge on any atom is -0.395 e. The summed E-state index contributed by atoms with van der Waals surface area (Å²) >= 11 is 0. The molecule has 0 unspecified atom stereocenters. The van der Waals surface area contributed by atoms with Crippen LogP contribution in [0, 0.1) is 19.3 Å². The van der Waals surface area contributed by atoms with Gasteiger partial charge < -0.3 is 9.68 Å². The molecule has 2 aromatic heterocycles. The molecule has 2 aliphatic carbocycles. The minimum absolute atomic E-state index is 0.211. The molecule has 2 heterocycles. The third kappa shape index (κ3) is 4.47. The number of aryl methyl sites for hydroxylation is 4. The van der Waals surface area contributed by atoms with Crippen molar-refractivity contribution >= 4 is 11.4 Å². The summed E-state index contributed by atoms with van der Waals surface area (Å²) in [6, 6.07) is 8.36. The Morgan fingerprint density at radius 1 is 0.759 bits per heavy atom. The van der Waals surface area contributed by atoms with Crippen LogP contribution in [-0.4, -0.2) is 34.6 Å². The van der Waals surface area contributed by atoms with Gasteiger partial charge >= 0.3 is 0 Å². The molecule has 0 N–H and O–H groups in total. The molecule has 0 saturated carbocycles. The van der Waals surface area contributed by atoms with Crippen LogP contribution in [0.2, 0.25) is 0 Å². The Hall–Kier alpha value is -2.76. The third-order valence-corrected chi connectivity index (χ3v) is 5.31. The van der Waals surface area contributed by atoms with Gasteiger partial charge in [-0.15, -0.1) is 0 Å². The Balaban J connectivity index is 1.32. The van der Waals surface area contributed by atoms with Gasteiger partial charge in [-0.25, -0.2) is 0 Å². The molecule has 6 heteroatoms. The van der Waals surface area contributed by atoms with Crippen molar-refractivity contribution in [3.8, 4) is 0 Å². The second-order valence-electron chi connectivity index (χ2n) is 8.71. The Bertz CT molecular complexity index is 901. The van der Waals surface area contributed by atoms with E-state index in [1.807, 2.05) is 26.0 Å². The third-order valence-electron chi connectivity index (χ3n) is 5.31. The maximum absolute atomic E-state index is 5.68. The van der Waals surface area contributed by atoms with E-state index in [0.717, 1.165) is 59.9 Å². The van der Waals surface area contributed by atoms with Gasteiger partial charge in [0, 0.05) is 16.8 Å². The van der Waals surface area contributed by atoms with Crippen molar-refractivity contribution in [2.75, 3.05) is 13.2 Å². The molecule has 2 aromatic rings. The fraction of sp³-hybridized carbons (Fsp3) is 0.478. The Labute approximate surface area is 172 Å². The number of oxime groups is 2. The molecule has 0 amide bonds. The molecule has 2 aliphatic rings. The van der Waals surface area contributed by atoms with E-state index in [2.05, 4.69) is 46.3 Å². The van der Waals surface area contributed by atoms with E-state index >= 15 is 0 Å². The topological polar surface area (TPSA) is 69.0 Å². The lowest BCUT2D eigenvalue weighted by Crippen LogP contribution is -2.24. The highest BCUT2D eigenvalue weighted by molar-refractivity contribution is 6.03. The Kier molecular flexibility index (Phi) is 5.35. The second-order valence-corrected chi connectivity index (χ2v) is 8.71. The van der Waals surface area contributed by atoms with Gasteiger partial charge in [0.05, 0.1) is 11.4 Å². The summed E-state index contributed by atoms with van der Waals surface area (Å²) in [7, 11) is 0. The highest BCUT2D eigenvalue weighted by Crippen LogP contribution is 2.24. The molecule has 152 valence electrons. The molecule has 0 radical (unpaired) electrons. The van der Waals surface area contributed by atoms with Crippen molar-refractivity contribution in [3.63, 3.8) is 0 Å². The molecular formula is C23H28N4O2. The molecule has 0 saturated heterocycles. The number of hydrogen-bond acceptors (Lipinski definition) is 6. The minimum atomic E-state index is -0.211. The quantitative estimate of drug-likeness (QED) is 0.693. The van der Waals surface area contributed by atoms with E-state index in [1.165, 1.54) is 11.1 Å². The summed E-state index contributed by atoms with van der Waals surface area (Å²) in [5.41, 5.74) is 8.12. The maximum Gasteiger partial charge on any atom is 0.125 e. The van der Waals surface area contributed by atoms with E-state index in [-0.39, 0.29) is 5.41 Å². The van der Waals surface area contributed by atoms with Crippen LogP contribution in [0.25, 0.3) is 0 Å². The van der Waals surface area contributed by atoms with Gasteiger partial charge in [0.1, 0.15) is 24.6 Å². The van der Waals surface area contributed by atoms with Crippen LogP contribution < -0.4 is 0 Å². The van der Waals surface area contributed by atoms with E-state index in [1.54, 1.807) is 0 Å². The number of aromatic nitrogens is 2. The summed E-state index contributed by atoms with van der Waals surface area (Å²) in [5, 5.41) is 8.74. The molecule has 29 heavy (non-hydrogen) atoms. The predicted molar refractivity (Wildman–Crippen MR) is 113 cm³/mol. The smallest absolute Gasteiger partial charge is 0.125 e. The van der Waals surface area contributed by atoms with Crippen LogP contribution in [0.3, 0.4) is 0 Å². The summed E-state index contributed by atoms with van der Waals surface area (Å²) in [4.78, 5) is 20.6. The first kappa shape index (κ1) is 19.6. The predicted octanol–water partition coefficient (Wildman–Crippen LogP) is 4.15. The van der Waals surface area contributed by atoms with E-state index in [0.29, 0.717) is 13.2 Å². The van der Waals surface area contributed by atoms with E-state index < -0.39 is 0 Å². The summed E-state index contributed by atoms with van der Waals surface area (Å²) in [6.07, 6.45) is 3.71. The molecule has 4 rings (SSSR count). The second kappa shape index (κ2) is 7.93. The SMILES string of the molecule is Cc1ccc2c(n1)C(=NOCC(C)(C)CON=C1CCc3ccc(C)nc31)CC2. The fourth-order valence-electron chi connectivity index (χ4n) is 3.61. The molecule has 0 aromatic carbocycles. The van der Waals surface area contributed by atoms with E-state index in [9.17, 15) is 0 Å². The van der Waals surface area contributed by atoms with Gasteiger partial charge in [-0.1, -0.05) is 36.3 Å².